The predicted molar refractivity (Wildman–Crippen MR) is 83.2 cm³/mol. The van der Waals surface area contributed by atoms with Crippen LogP contribution in [0.4, 0.5) is 5.82 Å². The summed E-state index contributed by atoms with van der Waals surface area (Å²) in [6.07, 6.45) is 3.65. The lowest BCUT2D eigenvalue weighted by molar-refractivity contribution is -0.128. The molecule has 0 aromatic carbocycles. The molecule has 1 N–H and O–H groups in total. The third-order valence-electron chi connectivity index (χ3n) is 3.13. The molecule has 0 spiro atoms. The summed E-state index contributed by atoms with van der Waals surface area (Å²) in [5.41, 5.74) is 0. The quantitative estimate of drug-likeness (QED) is 0.889. The number of hydrogen-bond donors (Lipinski definition) is 1. The molecule has 2 aromatic rings. The van der Waals surface area contributed by atoms with Crippen LogP contribution in [0, 0.1) is 6.92 Å². The Balaban J connectivity index is 2.00. The smallest absolute Gasteiger partial charge is 0.241 e. The molecule has 0 aliphatic carbocycles. The fourth-order valence-electron chi connectivity index (χ4n) is 1.93. The van der Waals surface area contributed by atoms with Crippen molar-refractivity contribution in [2.45, 2.75) is 26.7 Å². The van der Waals surface area contributed by atoms with Gasteiger partial charge in [-0.15, -0.1) is 11.3 Å². The number of likely N-dealkylation sites (N-methyl/N-ethyl adjacent to an activating group) is 1. The van der Waals surface area contributed by atoms with E-state index in [-0.39, 0.29) is 12.5 Å². The van der Waals surface area contributed by atoms with Crippen LogP contribution in [0.5, 0.6) is 0 Å². The summed E-state index contributed by atoms with van der Waals surface area (Å²) in [6, 6.07) is 2.05. The number of fused-ring (bicyclic) bond motifs is 1. The zero-order chi connectivity index (χ0) is 14.5. The van der Waals surface area contributed by atoms with Gasteiger partial charge in [0, 0.05) is 18.5 Å². The van der Waals surface area contributed by atoms with Crippen molar-refractivity contribution in [1.29, 1.82) is 0 Å². The van der Waals surface area contributed by atoms with Crippen molar-refractivity contribution < 1.29 is 4.79 Å². The number of anilines is 1. The van der Waals surface area contributed by atoms with Crippen LogP contribution in [0.15, 0.2) is 12.4 Å². The molecule has 1 amide bonds. The first-order valence-electron chi connectivity index (χ1n) is 6.80. The van der Waals surface area contributed by atoms with Gasteiger partial charge in [-0.25, -0.2) is 9.97 Å². The van der Waals surface area contributed by atoms with Gasteiger partial charge in [0.05, 0.1) is 11.9 Å². The molecule has 0 fully saturated rings. The molecular weight excluding hydrogens is 272 g/mol. The van der Waals surface area contributed by atoms with Gasteiger partial charge in [-0.3, -0.25) is 4.79 Å². The lowest BCUT2D eigenvalue weighted by atomic mass is 10.3. The van der Waals surface area contributed by atoms with E-state index in [1.807, 2.05) is 20.0 Å². The Morgan fingerprint density at radius 3 is 3.00 bits per heavy atom. The number of carbonyl (C=O) groups is 1. The SMILES string of the molecule is CCCCN(C)C(=O)CNc1ncnc2sc(C)cc12. The number of aromatic nitrogens is 2. The van der Waals surface area contributed by atoms with Gasteiger partial charge in [0.15, 0.2) is 0 Å². The van der Waals surface area contributed by atoms with E-state index in [1.165, 1.54) is 11.2 Å². The van der Waals surface area contributed by atoms with E-state index in [9.17, 15) is 4.79 Å². The fourth-order valence-corrected chi connectivity index (χ4v) is 2.78. The van der Waals surface area contributed by atoms with E-state index >= 15 is 0 Å². The third kappa shape index (κ3) is 3.45. The average Bonchev–Trinajstić information content (AvgIpc) is 2.82. The van der Waals surface area contributed by atoms with Gasteiger partial charge in [-0.1, -0.05) is 13.3 Å². The number of thiophene rings is 1. The molecule has 0 radical (unpaired) electrons. The maximum absolute atomic E-state index is 12.0. The number of hydrogen-bond acceptors (Lipinski definition) is 5. The topological polar surface area (TPSA) is 58.1 Å². The minimum absolute atomic E-state index is 0.0807. The second-order valence-electron chi connectivity index (χ2n) is 4.82. The summed E-state index contributed by atoms with van der Waals surface area (Å²) in [5.74, 6) is 0.814. The molecular formula is C14H20N4OS. The predicted octanol–water partition coefficient (Wildman–Crippen LogP) is 2.67. The zero-order valence-electron chi connectivity index (χ0n) is 12.1. The van der Waals surface area contributed by atoms with Crippen LogP contribution in [0.3, 0.4) is 0 Å². The van der Waals surface area contributed by atoms with Crippen molar-refractivity contribution in [3.8, 4) is 0 Å². The van der Waals surface area contributed by atoms with Crippen molar-refractivity contribution >= 4 is 33.3 Å². The second-order valence-corrected chi connectivity index (χ2v) is 6.06. The molecule has 2 heterocycles. The minimum atomic E-state index is 0.0807. The van der Waals surface area contributed by atoms with E-state index < -0.39 is 0 Å². The number of unbranched alkanes of at least 4 members (excludes halogenated alkanes) is 1. The standard InChI is InChI=1S/C14H20N4OS/c1-4-5-6-18(3)12(19)8-15-13-11-7-10(2)20-14(11)17-9-16-13/h7,9H,4-6,8H2,1-3H3,(H,15,16,17). The van der Waals surface area contributed by atoms with Crippen molar-refractivity contribution in [2.75, 3.05) is 25.5 Å². The van der Waals surface area contributed by atoms with E-state index in [0.29, 0.717) is 0 Å². The number of carbonyl (C=O) groups excluding carboxylic acids is 1. The lowest BCUT2D eigenvalue weighted by Gasteiger charge is -2.17. The molecule has 0 unspecified atom stereocenters. The number of amides is 1. The Morgan fingerprint density at radius 1 is 1.45 bits per heavy atom. The van der Waals surface area contributed by atoms with Crippen LogP contribution in [0.2, 0.25) is 0 Å². The average molecular weight is 292 g/mol. The van der Waals surface area contributed by atoms with Crippen LogP contribution < -0.4 is 5.32 Å². The molecule has 5 nitrogen and oxygen atoms in total. The highest BCUT2D eigenvalue weighted by Gasteiger charge is 2.11. The number of nitrogens with zero attached hydrogens (tertiary/aromatic N) is 3. The van der Waals surface area contributed by atoms with Crippen molar-refractivity contribution in [2.24, 2.45) is 0 Å². The van der Waals surface area contributed by atoms with E-state index in [2.05, 4.69) is 22.2 Å². The van der Waals surface area contributed by atoms with Gasteiger partial charge in [0.1, 0.15) is 17.0 Å². The Morgan fingerprint density at radius 2 is 2.25 bits per heavy atom. The maximum Gasteiger partial charge on any atom is 0.241 e. The monoisotopic (exact) mass is 292 g/mol. The molecule has 2 rings (SSSR count). The largest absolute Gasteiger partial charge is 0.360 e. The van der Waals surface area contributed by atoms with E-state index in [1.54, 1.807) is 16.2 Å². The molecule has 0 aliphatic rings. The third-order valence-corrected chi connectivity index (χ3v) is 4.09. The molecule has 0 bridgehead atoms. The Bertz CT molecular complexity index is 596. The summed E-state index contributed by atoms with van der Waals surface area (Å²) in [7, 11) is 1.84. The zero-order valence-corrected chi connectivity index (χ0v) is 13.0. The molecule has 20 heavy (non-hydrogen) atoms. The maximum atomic E-state index is 12.0. The van der Waals surface area contributed by atoms with Crippen molar-refractivity contribution in [1.82, 2.24) is 14.9 Å². The van der Waals surface area contributed by atoms with Crippen LogP contribution in [-0.2, 0) is 4.79 Å². The van der Waals surface area contributed by atoms with Gasteiger partial charge in [0.25, 0.3) is 0 Å². The normalized spacial score (nSPS) is 10.8. The first-order valence-corrected chi connectivity index (χ1v) is 7.62. The summed E-state index contributed by atoms with van der Waals surface area (Å²) in [4.78, 5) is 24.3. The molecule has 6 heteroatoms. The highest BCUT2D eigenvalue weighted by molar-refractivity contribution is 7.18. The van der Waals surface area contributed by atoms with E-state index in [0.717, 1.165) is 35.4 Å². The molecule has 0 aliphatic heterocycles. The van der Waals surface area contributed by atoms with Crippen LogP contribution in [0.1, 0.15) is 24.6 Å². The summed E-state index contributed by atoms with van der Waals surface area (Å²) in [6.45, 7) is 5.22. The van der Waals surface area contributed by atoms with Crippen LogP contribution >= 0.6 is 11.3 Å². The van der Waals surface area contributed by atoms with Gasteiger partial charge < -0.3 is 10.2 Å². The van der Waals surface area contributed by atoms with Crippen molar-refractivity contribution in [3.63, 3.8) is 0 Å². The molecule has 2 aromatic heterocycles. The molecule has 0 saturated heterocycles. The molecule has 0 saturated carbocycles. The first kappa shape index (κ1) is 14.7. The first-order chi connectivity index (χ1) is 9.61. The van der Waals surface area contributed by atoms with E-state index in [4.69, 9.17) is 0 Å². The summed E-state index contributed by atoms with van der Waals surface area (Å²) >= 11 is 1.63. The summed E-state index contributed by atoms with van der Waals surface area (Å²) < 4.78 is 0. The van der Waals surface area contributed by atoms with Gasteiger partial charge in [0.2, 0.25) is 5.91 Å². The van der Waals surface area contributed by atoms with Crippen LogP contribution in [0.25, 0.3) is 10.2 Å². The highest BCUT2D eigenvalue weighted by Crippen LogP contribution is 2.27. The Hall–Kier alpha value is -1.69. The van der Waals surface area contributed by atoms with Gasteiger partial charge >= 0.3 is 0 Å². The van der Waals surface area contributed by atoms with Crippen molar-refractivity contribution in [3.05, 3.63) is 17.3 Å². The van der Waals surface area contributed by atoms with Gasteiger partial charge in [-0.05, 0) is 19.4 Å². The summed E-state index contributed by atoms with van der Waals surface area (Å²) in [5, 5.41) is 4.11. The van der Waals surface area contributed by atoms with Gasteiger partial charge in [-0.2, -0.15) is 0 Å². The second kappa shape index (κ2) is 6.65. The number of nitrogens with one attached hydrogen (secondary N) is 1. The lowest BCUT2D eigenvalue weighted by Crippen LogP contribution is -2.33. The number of aryl methyl sites for hydroxylation is 1. The minimum Gasteiger partial charge on any atom is -0.360 e. The highest BCUT2D eigenvalue weighted by atomic mass is 32.1. The fraction of sp³-hybridized carbons (Fsp3) is 0.500. The molecule has 108 valence electrons. The number of rotatable bonds is 6. The Labute approximate surface area is 123 Å². The van der Waals surface area contributed by atoms with Crippen LogP contribution in [-0.4, -0.2) is 40.9 Å². The molecule has 0 atom stereocenters. The Kier molecular flexibility index (Phi) is 4.89.